The van der Waals surface area contributed by atoms with Crippen LogP contribution in [0.2, 0.25) is 0 Å². The maximum absolute atomic E-state index is 12.2. The molecule has 0 aromatic carbocycles. The van der Waals surface area contributed by atoms with E-state index in [1.807, 2.05) is 0 Å². The molecule has 0 rings (SSSR count). The van der Waals surface area contributed by atoms with Crippen molar-refractivity contribution >= 4 is 12.0 Å². The Morgan fingerprint density at radius 2 is 1.85 bits per heavy atom. The summed E-state index contributed by atoms with van der Waals surface area (Å²) in [6, 6.07) is -0.296. The quantitative estimate of drug-likeness (QED) is 0.684. The number of urea groups is 1. The van der Waals surface area contributed by atoms with Crippen LogP contribution in [-0.2, 0) is 4.79 Å². The molecular weight excluding hydrogens is 256 g/mol. The molecule has 1 unspecified atom stereocenters. The predicted molar refractivity (Wildman–Crippen MR) is 80.8 cm³/mol. The number of aliphatic carboxylic acids is 1. The fraction of sp³-hybridized carbons (Fsp3) is 0.867. The normalized spacial score (nSPS) is 12.8. The Labute approximate surface area is 122 Å². The van der Waals surface area contributed by atoms with Crippen LogP contribution in [-0.4, -0.2) is 40.6 Å². The maximum atomic E-state index is 12.2. The van der Waals surface area contributed by atoms with Gasteiger partial charge in [-0.1, -0.05) is 33.1 Å². The molecule has 0 aromatic rings. The number of nitrogens with one attached hydrogen (secondary N) is 1. The number of carbonyl (C=O) groups excluding carboxylic acids is 1. The lowest BCUT2D eigenvalue weighted by atomic mass is 9.99. The molecule has 0 saturated heterocycles. The Morgan fingerprint density at radius 1 is 1.25 bits per heavy atom. The molecule has 5 heteroatoms. The molecule has 0 bridgehead atoms. The van der Waals surface area contributed by atoms with E-state index in [9.17, 15) is 14.7 Å². The summed E-state index contributed by atoms with van der Waals surface area (Å²) >= 11 is 0. The highest BCUT2D eigenvalue weighted by Gasteiger charge is 2.36. The fourth-order valence-corrected chi connectivity index (χ4v) is 2.18. The van der Waals surface area contributed by atoms with Crippen molar-refractivity contribution in [2.75, 3.05) is 13.1 Å². The van der Waals surface area contributed by atoms with E-state index in [0.29, 0.717) is 19.0 Å². The van der Waals surface area contributed by atoms with Gasteiger partial charge in [0, 0.05) is 13.1 Å². The molecule has 0 aliphatic carbocycles. The maximum Gasteiger partial charge on any atom is 0.329 e. The number of hydrogen-bond acceptors (Lipinski definition) is 2. The van der Waals surface area contributed by atoms with Crippen LogP contribution in [0.1, 0.15) is 60.3 Å². The molecule has 2 N–H and O–H groups in total. The van der Waals surface area contributed by atoms with Gasteiger partial charge in [0.1, 0.15) is 5.54 Å². The number of amides is 2. The van der Waals surface area contributed by atoms with Gasteiger partial charge in [-0.2, -0.15) is 0 Å². The van der Waals surface area contributed by atoms with Crippen molar-refractivity contribution in [1.29, 1.82) is 0 Å². The number of nitrogens with zero attached hydrogens (tertiary/aromatic N) is 1. The SMILES string of the molecule is CCCCC(CC)CNC(=O)N(CC)C(C)(C)C(=O)O. The highest BCUT2D eigenvalue weighted by atomic mass is 16.4. The van der Waals surface area contributed by atoms with Crippen molar-refractivity contribution in [2.45, 2.75) is 65.8 Å². The number of carboxylic acid groups (broad SMARTS) is 1. The standard InChI is InChI=1S/C15H30N2O3/c1-6-9-10-12(7-2)11-16-14(20)17(8-3)15(4,5)13(18)19/h12H,6-11H2,1-5H3,(H,16,20)(H,18,19). The Kier molecular flexibility index (Phi) is 8.26. The molecule has 0 aliphatic rings. The van der Waals surface area contributed by atoms with Crippen LogP contribution in [0.5, 0.6) is 0 Å². The molecule has 0 fully saturated rings. The van der Waals surface area contributed by atoms with Gasteiger partial charge in [0.2, 0.25) is 0 Å². The summed E-state index contributed by atoms with van der Waals surface area (Å²) in [5.74, 6) is -0.530. The highest BCUT2D eigenvalue weighted by molar-refractivity contribution is 5.85. The number of unbranched alkanes of at least 4 members (excludes halogenated alkanes) is 1. The van der Waals surface area contributed by atoms with Gasteiger partial charge in [-0.25, -0.2) is 9.59 Å². The second kappa shape index (κ2) is 8.82. The lowest BCUT2D eigenvalue weighted by molar-refractivity contribution is -0.147. The van der Waals surface area contributed by atoms with Crippen molar-refractivity contribution in [2.24, 2.45) is 5.92 Å². The monoisotopic (exact) mass is 286 g/mol. The predicted octanol–water partition coefficient (Wildman–Crippen LogP) is 3.10. The molecule has 20 heavy (non-hydrogen) atoms. The van der Waals surface area contributed by atoms with Gasteiger partial charge >= 0.3 is 12.0 Å². The summed E-state index contributed by atoms with van der Waals surface area (Å²) in [6.45, 7) is 10.1. The number of rotatable bonds is 9. The zero-order valence-electron chi connectivity index (χ0n) is 13.5. The average Bonchev–Trinajstić information content (AvgIpc) is 2.39. The minimum absolute atomic E-state index is 0.296. The Morgan fingerprint density at radius 3 is 2.25 bits per heavy atom. The fourth-order valence-electron chi connectivity index (χ4n) is 2.18. The summed E-state index contributed by atoms with van der Waals surface area (Å²) < 4.78 is 0. The Balaban J connectivity index is 4.53. The van der Waals surface area contributed by atoms with Gasteiger partial charge in [0.15, 0.2) is 0 Å². The topological polar surface area (TPSA) is 69.6 Å². The smallest absolute Gasteiger partial charge is 0.329 e. The minimum atomic E-state index is -1.19. The first-order valence-electron chi connectivity index (χ1n) is 7.59. The lowest BCUT2D eigenvalue weighted by Crippen LogP contribution is -2.56. The highest BCUT2D eigenvalue weighted by Crippen LogP contribution is 2.16. The van der Waals surface area contributed by atoms with Gasteiger partial charge in [-0.05, 0) is 33.1 Å². The lowest BCUT2D eigenvalue weighted by Gasteiger charge is -2.34. The summed E-state index contributed by atoms with van der Waals surface area (Å²) in [7, 11) is 0. The van der Waals surface area contributed by atoms with E-state index in [0.717, 1.165) is 25.7 Å². The van der Waals surface area contributed by atoms with Gasteiger partial charge in [0.05, 0.1) is 0 Å². The Bertz CT molecular complexity index is 316. The molecule has 1 atom stereocenters. The zero-order valence-corrected chi connectivity index (χ0v) is 13.5. The number of hydrogen-bond donors (Lipinski definition) is 2. The van der Waals surface area contributed by atoms with Gasteiger partial charge in [-0.15, -0.1) is 0 Å². The zero-order chi connectivity index (χ0) is 15.8. The summed E-state index contributed by atoms with van der Waals surface area (Å²) in [5, 5.41) is 12.1. The van der Waals surface area contributed by atoms with E-state index >= 15 is 0 Å². The van der Waals surface area contributed by atoms with Crippen molar-refractivity contribution in [3.05, 3.63) is 0 Å². The summed E-state index contributed by atoms with van der Waals surface area (Å²) in [5.41, 5.74) is -1.19. The van der Waals surface area contributed by atoms with Crippen molar-refractivity contribution < 1.29 is 14.7 Å². The number of likely N-dealkylation sites (N-methyl/N-ethyl adjacent to an activating group) is 1. The first-order valence-corrected chi connectivity index (χ1v) is 7.59. The molecule has 0 saturated carbocycles. The van der Waals surface area contributed by atoms with E-state index in [1.165, 1.54) is 4.90 Å². The molecule has 2 amide bonds. The molecule has 0 heterocycles. The van der Waals surface area contributed by atoms with E-state index in [4.69, 9.17) is 0 Å². The van der Waals surface area contributed by atoms with E-state index < -0.39 is 11.5 Å². The summed E-state index contributed by atoms with van der Waals surface area (Å²) in [4.78, 5) is 24.8. The first kappa shape index (κ1) is 18.7. The molecular formula is C15H30N2O3. The number of carboxylic acids is 1. The van der Waals surface area contributed by atoms with Crippen molar-refractivity contribution in [1.82, 2.24) is 10.2 Å². The molecule has 0 radical (unpaired) electrons. The number of carbonyl (C=O) groups is 2. The van der Waals surface area contributed by atoms with Crippen molar-refractivity contribution in [3.63, 3.8) is 0 Å². The van der Waals surface area contributed by atoms with Crippen LogP contribution in [0.25, 0.3) is 0 Å². The second-order valence-electron chi connectivity index (χ2n) is 5.71. The Hall–Kier alpha value is -1.26. The van der Waals surface area contributed by atoms with E-state index in [-0.39, 0.29) is 6.03 Å². The van der Waals surface area contributed by atoms with Crippen LogP contribution in [0, 0.1) is 5.92 Å². The van der Waals surface area contributed by atoms with Crippen molar-refractivity contribution in [3.8, 4) is 0 Å². The molecule has 118 valence electrons. The third kappa shape index (κ3) is 5.39. The van der Waals surface area contributed by atoms with Crippen LogP contribution < -0.4 is 5.32 Å². The van der Waals surface area contributed by atoms with Crippen LogP contribution in [0.3, 0.4) is 0 Å². The minimum Gasteiger partial charge on any atom is -0.480 e. The van der Waals surface area contributed by atoms with Gasteiger partial charge in [0.25, 0.3) is 0 Å². The molecule has 5 nitrogen and oxygen atoms in total. The molecule has 0 aromatic heterocycles. The third-order valence-corrected chi connectivity index (χ3v) is 3.84. The van der Waals surface area contributed by atoms with Gasteiger partial charge < -0.3 is 15.3 Å². The van der Waals surface area contributed by atoms with E-state index in [2.05, 4.69) is 19.2 Å². The third-order valence-electron chi connectivity index (χ3n) is 3.84. The van der Waals surface area contributed by atoms with Crippen LogP contribution in [0.4, 0.5) is 4.79 Å². The largest absolute Gasteiger partial charge is 0.480 e. The average molecular weight is 286 g/mol. The second-order valence-corrected chi connectivity index (χ2v) is 5.71. The summed E-state index contributed by atoms with van der Waals surface area (Å²) in [6.07, 6.45) is 4.43. The van der Waals surface area contributed by atoms with Crippen LogP contribution >= 0.6 is 0 Å². The van der Waals surface area contributed by atoms with Crippen LogP contribution in [0.15, 0.2) is 0 Å². The molecule has 0 spiro atoms. The van der Waals surface area contributed by atoms with E-state index in [1.54, 1.807) is 20.8 Å². The molecule has 0 aliphatic heterocycles. The van der Waals surface area contributed by atoms with Gasteiger partial charge in [-0.3, -0.25) is 0 Å². The first-order chi connectivity index (χ1) is 9.31.